The predicted molar refractivity (Wildman–Crippen MR) is 127 cm³/mol. The number of carbonyl (C=O) groups is 3. The van der Waals surface area contributed by atoms with Crippen molar-refractivity contribution in [1.29, 1.82) is 0 Å². The molecule has 11 nitrogen and oxygen atoms in total. The number of nitro groups is 1. The molecule has 36 heavy (non-hydrogen) atoms. The lowest BCUT2D eigenvalue weighted by molar-refractivity contribution is -0.384. The molecule has 1 unspecified atom stereocenters. The average Bonchev–Trinajstić information content (AvgIpc) is 3.35. The molecule has 2 N–H and O–H groups in total. The number of carbonyl (C=O) groups excluding carboxylic acids is 3. The van der Waals surface area contributed by atoms with Crippen LogP contribution in [0.5, 0.6) is 11.5 Å². The maximum Gasteiger partial charge on any atom is 0.326 e. The summed E-state index contributed by atoms with van der Waals surface area (Å²) in [6, 6.07) is 17.1. The number of anilines is 1. The van der Waals surface area contributed by atoms with Gasteiger partial charge in [0.05, 0.1) is 4.92 Å². The Morgan fingerprint density at radius 1 is 1.03 bits per heavy atom. The van der Waals surface area contributed by atoms with Crippen LogP contribution < -0.4 is 20.1 Å². The van der Waals surface area contributed by atoms with Crippen molar-refractivity contribution in [3.63, 3.8) is 0 Å². The zero-order chi connectivity index (χ0) is 25.7. The van der Waals surface area contributed by atoms with Crippen LogP contribution in [0.15, 0.2) is 66.7 Å². The number of fused-ring (bicyclic) bond motifs is 1. The monoisotopic (exact) mass is 491 g/mol. The third kappa shape index (κ3) is 5.58. The van der Waals surface area contributed by atoms with E-state index in [1.807, 2.05) is 0 Å². The molecular weight excluding hydrogens is 470 g/mol. The molecule has 4 rings (SSSR count). The summed E-state index contributed by atoms with van der Waals surface area (Å²) in [4.78, 5) is 48.9. The standard InChI is InChI=1S/C25H21N3O8/c1-15-7-9-18(19(11-15)28(32)33)27-25(31)23(16-5-3-2-4-6-16)36-22(29)13-26-24(30)17-8-10-20-21(12-17)35-14-34-20/h2-12,23H,13-14H2,1H3,(H,26,30)(H,27,31). The summed E-state index contributed by atoms with van der Waals surface area (Å²) in [5.41, 5.74) is 0.904. The molecule has 184 valence electrons. The van der Waals surface area contributed by atoms with E-state index in [-0.39, 0.29) is 23.7 Å². The third-order valence-electron chi connectivity index (χ3n) is 5.23. The molecule has 1 aliphatic heterocycles. The van der Waals surface area contributed by atoms with Gasteiger partial charge in [-0.3, -0.25) is 24.5 Å². The van der Waals surface area contributed by atoms with Gasteiger partial charge in [0, 0.05) is 17.2 Å². The number of ether oxygens (including phenoxy) is 3. The number of amides is 2. The number of nitrogens with zero attached hydrogens (tertiary/aromatic N) is 1. The zero-order valence-corrected chi connectivity index (χ0v) is 19.1. The molecule has 2 amide bonds. The van der Waals surface area contributed by atoms with E-state index in [1.165, 1.54) is 24.3 Å². The number of esters is 1. The lowest BCUT2D eigenvalue weighted by Crippen LogP contribution is -2.33. The molecule has 1 atom stereocenters. The molecule has 0 aromatic heterocycles. The minimum atomic E-state index is -1.41. The largest absolute Gasteiger partial charge is 0.454 e. The van der Waals surface area contributed by atoms with Gasteiger partial charge < -0.3 is 24.8 Å². The van der Waals surface area contributed by atoms with E-state index in [4.69, 9.17) is 14.2 Å². The number of nitro benzene ring substituents is 1. The van der Waals surface area contributed by atoms with Crippen molar-refractivity contribution in [3.8, 4) is 11.5 Å². The number of benzene rings is 3. The molecule has 1 heterocycles. The number of hydrogen-bond donors (Lipinski definition) is 2. The van der Waals surface area contributed by atoms with Crippen LogP contribution in [-0.4, -0.2) is 36.0 Å². The van der Waals surface area contributed by atoms with Crippen molar-refractivity contribution in [2.75, 3.05) is 18.7 Å². The van der Waals surface area contributed by atoms with Crippen molar-refractivity contribution in [2.24, 2.45) is 0 Å². The lowest BCUT2D eigenvalue weighted by atomic mass is 10.1. The second-order valence-corrected chi connectivity index (χ2v) is 7.80. The van der Waals surface area contributed by atoms with E-state index in [2.05, 4.69) is 10.6 Å². The van der Waals surface area contributed by atoms with Gasteiger partial charge in [-0.1, -0.05) is 36.4 Å². The van der Waals surface area contributed by atoms with E-state index >= 15 is 0 Å². The molecule has 0 radical (unpaired) electrons. The quantitative estimate of drug-likeness (QED) is 0.277. The van der Waals surface area contributed by atoms with E-state index in [9.17, 15) is 24.5 Å². The Kier molecular flexibility index (Phi) is 7.10. The van der Waals surface area contributed by atoms with Crippen molar-refractivity contribution in [1.82, 2.24) is 5.32 Å². The first kappa shape index (κ1) is 24.2. The Labute approximate surface area is 205 Å². The van der Waals surface area contributed by atoms with Crippen LogP contribution in [0, 0.1) is 17.0 Å². The Bertz CT molecular complexity index is 1330. The fraction of sp³-hybridized carbons (Fsp3) is 0.160. The Morgan fingerprint density at radius 2 is 1.78 bits per heavy atom. The minimum absolute atomic E-state index is 0.0382. The van der Waals surface area contributed by atoms with Gasteiger partial charge in [-0.2, -0.15) is 0 Å². The van der Waals surface area contributed by atoms with Crippen molar-refractivity contribution < 1.29 is 33.5 Å². The Hall–Kier alpha value is -4.93. The summed E-state index contributed by atoms with van der Waals surface area (Å²) in [6.45, 7) is 1.22. The molecule has 0 saturated carbocycles. The number of nitrogens with one attached hydrogen (secondary N) is 2. The van der Waals surface area contributed by atoms with Crippen LogP contribution in [0.3, 0.4) is 0 Å². The lowest BCUT2D eigenvalue weighted by Gasteiger charge is -2.18. The summed E-state index contributed by atoms with van der Waals surface area (Å²) in [6.07, 6.45) is -1.41. The first-order valence-electron chi connectivity index (χ1n) is 10.8. The molecule has 0 spiro atoms. The van der Waals surface area contributed by atoms with Crippen LogP contribution in [0.25, 0.3) is 0 Å². The normalized spacial score (nSPS) is 12.4. The molecule has 0 aliphatic carbocycles. The van der Waals surface area contributed by atoms with Crippen molar-refractivity contribution in [2.45, 2.75) is 13.0 Å². The van der Waals surface area contributed by atoms with Crippen LogP contribution >= 0.6 is 0 Å². The SMILES string of the molecule is Cc1ccc(NC(=O)C(OC(=O)CNC(=O)c2ccc3c(c2)OCO3)c2ccccc2)c([N+](=O)[O-])c1. The minimum Gasteiger partial charge on any atom is -0.454 e. The molecule has 3 aromatic rings. The topological polar surface area (TPSA) is 146 Å². The van der Waals surface area contributed by atoms with E-state index < -0.39 is 35.4 Å². The first-order valence-corrected chi connectivity index (χ1v) is 10.8. The number of rotatable bonds is 8. The average molecular weight is 491 g/mol. The van der Waals surface area contributed by atoms with Gasteiger partial charge in [0.25, 0.3) is 17.5 Å². The van der Waals surface area contributed by atoms with Gasteiger partial charge >= 0.3 is 5.97 Å². The highest BCUT2D eigenvalue weighted by Crippen LogP contribution is 2.32. The second-order valence-electron chi connectivity index (χ2n) is 7.80. The fourth-order valence-electron chi connectivity index (χ4n) is 3.46. The Morgan fingerprint density at radius 3 is 2.53 bits per heavy atom. The second kappa shape index (κ2) is 10.6. The van der Waals surface area contributed by atoms with Gasteiger partial charge in [0.2, 0.25) is 12.9 Å². The van der Waals surface area contributed by atoms with Crippen molar-refractivity contribution in [3.05, 3.63) is 93.5 Å². The number of hydrogen-bond acceptors (Lipinski definition) is 8. The molecule has 0 bridgehead atoms. The summed E-state index contributed by atoms with van der Waals surface area (Å²) in [5, 5.41) is 16.3. The first-order chi connectivity index (χ1) is 17.3. The highest BCUT2D eigenvalue weighted by Gasteiger charge is 2.27. The molecule has 11 heteroatoms. The number of aryl methyl sites for hydroxylation is 1. The zero-order valence-electron chi connectivity index (χ0n) is 19.1. The summed E-state index contributed by atoms with van der Waals surface area (Å²) >= 11 is 0. The van der Waals surface area contributed by atoms with Crippen LogP contribution in [-0.2, 0) is 14.3 Å². The molecular formula is C25H21N3O8. The molecule has 3 aromatic carbocycles. The maximum atomic E-state index is 13.1. The van der Waals surface area contributed by atoms with Gasteiger partial charge in [0.15, 0.2) is 11.5 Å². The van der Waals surface area contributed by atoms with Gasteiger partial charge in [-0.25, -0.2) is 0 Å². The van der Waals surface area contributed by atoms with Crippen molar-refractivity contribution >= 4 is 29.2 Å². The summed E-state index contributed by atoms with van der Waals surface area (Å²) in [5.74, 6) is -1.30. The predicted octanol–water partition coefficient (Wildman–Crippen LogP) is 3.28. The molecule has 0 saturated heterocycles. The fourth-order valence-corrected chi connectivity index (χ4v) is 3.46. The highest BCUT2D eigenvalue weighted by molar-refractivity contribution is 5.99. The van der Waals surface area contributed by atoms with E-state index in [0.717, 1.165) is 0 Å². The van der Waals surface area contributed by atoms with Crippen LogP contribution in [0.2, 0.25) is 0 Å². The van der Waals surface area contributed by atoms with E-state index in [1.54, 1.807) is 49.4 Å². The highest BCUT2D eigenvalue weighted by atomic mass is 16.7. The molecule has 0 fully saturated rings. The van der Waals surface area contributed by atoms with Crippen LogP contribution in [0.4, 0.5) is 11.4 Å². The Balaban J connectivity index is 1.45. The summed E-state index contributed by atoms with van der Waals surface area (Å²) < 4.78 is 15.8. The van der Waals surface area contributed by atoms with Gasteiger partial charge in [-0.05, 0) is 36.8 Å². The van der Waals surface area contributed by atoms with Gasteiger partial charge in [-0.15, -0.1) is 0 Å². The van der Waals surface area contributed by atoms with E-state index in [0.29, 0.717) is 22.6 Å². The van der Waals surface area contributed by atoms with Gasteiger partial charge in [0.1, 0.15) is 12.2 Å². The molecule has 1 aliphatic rings. The smallest absolute Gasteiger partial charge is 0.326 e. The summed E-state index contributed by atoms with van der Waals surface area (Å²) in [7, 11) is 0. The maximum absolute atomic E-state index is 13.1. The third-order valence-corrected chi connectivity index (χ3v) is 5.23. The van der Waals surface area contributed by atoms with Crippen LogP contribution in [0.1, 0.15) is 27.6 Å².